The number of hydrogen-bond acceptors (Lipinski definition) is 3. The van der Waals surface area contributed by atoms with Crippen LogP contribution in [-0.2, 0) is 7.05 Å². The van der Waals surface area contributed by atoms with Crippen molar-refractivity contribution >= 4 is 0 Å². The molecule has 0 spiro atoms. The van der Waals surface area contributed by atoms with Crippen LogP contribution in [0.25, 0.3) is 0 Å². The molecule has 98 valence electrons. The average molecular weight is 246 g/mol. The molecule has 18 heavy (non-hydrogen) atoms. The standard InChI is InChI=1S/C14H22N4/c1-11-14(12(2)17(3)16-11)13-7-6-10-18(13)9-5-4-8-15/h13H,4-7,9-10H2,1-3H3/t13-/m1/s1. The van der Waals surface area contributed by atoms with Gasteiger partial charge in [-0.2, -0.15) is 10.4 Å². The lowest BCUT2D eigenvalue weighted by atomic mass is 10.0. The summed E-state index contributed by atoms with van der Waals surface area (Å²) >= 11 is 0. The highest BCUT2D eigenvalue weighted by Gasteiger charge is 2.29. The molecule has 0 aliphatic carbocycles. The topological polar surface area (TPSA) is 44.9 Å². The van der Waals surface area contributed by atoms with Gasteiger partial charge in [-0.15, -0.1) is 0 Å². The van der Waals surface area contributed by atoms with Crippen LogP contribution in [-0.4, -0.2) is 27.8 Å². The summed E-state index contributed by atoms with van der Waals surface area (Å²) in [5.74, 6) is 0. The first-order valence-corrected chi connectivity index (χ1v) is 6.76. The van der Waals surface area contributed by atoms with Gasteiger partial charge < -0.3 is 0 Å². The minimum atomic E-state index is 0.511. The first-order valence-electron chi connectivity index (χ1n) is 6.76. The van der Waals surface area contributed by atoms with Crippen LogP contribution < -0.4 is 0 Å². The summed E-state index contributed by atoms with van der Waals surface area (Å²) in [7, 11) is 2.01. The average Bonchev–Trinajstić information content (AvgIpc) is 2.86. The molecule has 0 bridgehead atoms. The maximum atomic E-state index is 8.63. The van der Waals surface area contributed by atoms with Crippen molar-refractivity contribution in [3.63, 3.8) is 0 Å². The summed E-state index contributed by atoms with van der Waals surface area (Å²) in [6, 6.07) is 2.74. The molecule has 0 radical (unpaired) electrons. The molecule has 1 aliphatic rings. The summed E-state index contributed by atoms with van der Waals surface area (Å²) in [5, 5.41) is 13.2. The second kappa shape index (κ2) is 5.53. The molecule has 1 aromatic heterocycles. The second-order valence-corrected chi connectivity index (χ2v) is 5.16. The number of aryl methyl sites for hydroxylation is 2. The Hall–Kier alpha value is -1.34. The molecule has 1 saturated heterocycles. The lowest BCUT2D eigenvalue weighted by molar-refractivity contribution is 0.253. The number of rotatable bonds is 4. The van der Waals surface area contributed by atoms with Crippen molar-refractivity contribution in [1.29, 1.82) is 5.26 Å². The number of aromatic nitrogens is 2. The number of nitrogens with zero attached hydrogens (tertiary/aromatic N) is 4. The highest BCUT2D eigenvalue weighted by Crippen LogP contribution is 2.35. The largest absolute Gasteiger partial charge is 0.296 e. The molecule has 0 saturated carbocycles. The summed E-state index contributed by atoms with van der Waals surface area (Å²) in [4.78, 5) is 2.52. The first-order chi connectivity index (χ1) is 8.65. The Bertz CT molecular complexity index is 455. The van der Waals surface area contributed by atoms with Gasteiger partial charge in [0.25, 0.3) is 0 Å². The van der Waals surface area contributed by atoms with E-state index < -0.39 is 0 Å². The number of nitriles is 1. The molecule has 0 N–H and O–H groups in total. The quantitative estimate of drug-likeness (QED) is 0.767. The fraction of sp³-hybridized carbons (Fsp3) is 0.714. The number of unbranched alkanes of at least 4 members (excludes halogenated alkanes) is 1. The van der Waals surface area contributed by atoms with E-state index in [0.29, 0.717) is 12.5 Å². The molecule has 1 aromatic rings. The number of likely N-dealkylation sites (tertiary alicyclic amines) is 1. The van der Waals surface area contributed by atoms with Crippen molar-refractivity contribution in [1.82, 2.24) is 14.7 Å². The van der Waals surface area contributed by atoms with Crippen LogP contribution in [0.1, 0.15) is 48.7 Å². The lowest BCUT2D eigenvalue weighted by Gasteiger charge is -2.24. The van der Waals surface area contributed by atoms with Crippen LogP contribution in [0.4, 0.5) is 0 Å². The van der Waals surface area contributed by atoms with Crippen LogP contribution in [0.15, 0.2) is 0 Å². The van der Waals surface area contributed by atoms with Gasteiger partial charge in [0.05, 0.1) is 11.8 Å². The molecule has 2 rings (SSSR count). The van der Waals surface area contributed by atoms with Crippen molar-refractivity contribution in [2.75, 3.05) is 13.1 Å². The van der Waals surface area contributed by atoms with Gasteiger partial charge >= 0.3 is 0 Å². The minimum absolute atomic E-state index is 0.511. The summed E-state index contributed by atoms with van der Waals surface area (Å²) in [6.07, 6.45) is 4.12. The Balaban J connectivity index is 2.13. The van der Waals surface area contributed by atoms with Gasteiger partial charge in [-0.25, -0.2) is 0 Å². The first kappa shape index (κ1) is 13.1. The zero-order chi connectivity index (χ0) is 13.1. The smallest absolute Gasteiger partial charge is 0.0644 e. The second-order valence-electron chi connectivity index (χ2n) is 5.16. The lowest BCUT2D eigenvalue weighted by Crippen LogP contribution is -2.25. The Morgan fingerprint density at radius 3 is 2.83 bits per heavy atom. The Morgan fingerprint density at radius 2 is 2.22 bits per heavy atom. The molecule has 4 heteroatoms. The van der Waals surface area contributed by atoms with E-state index in [4.69, 9.17) is 5.26 Å². The van der Waals surface area contributed by atoms with E-state index in [9.17, 15) is 0 Å². The van der Waals surface area contributed by atoms with Gasteiger partial charge in [0, 0.05) is 30.8 Å². The van der Waals surface area contributed by atoms with E-state index in [1.54, 1.807) is 0 Å². The van der Waals surface area contributed by atoms with E-state index in [0.717, 1.165) is 25.2 Å². The molecule has 0 unspecified atom stereocenters. The van der Waals surface area contributed by atoms with E-state index in [1.807, 2.05) is 11.7 Å². The Labute approximate surface area is 109 Å². The summed E-state index contributed by atoms with van der Waals surface area (Å²) in [6.45, 7) is 6.45. The summed E-state index contributed by atoms with van der Waals surface area (Å²) < 4.78 is 1.98. The van der Waals surface area contributed by atoms with Crippen LogP contribution >= 0.6 is 0 Å². The third-order valence-corrected chi connectivity index (χ3v) is 4.00. The van der Waals surface area contributed by atoms with Gasteiger partial charge in [-0.3, -0.25) is 9.58 Å². The Morgan fingerprint density at radius 1 is 1.44 bits per heavy atom. The molecule has 1 atom stereocenters. The van der Waals surface area contributed by atoms with Crippen LogP contribution in [0.5, 0.6) is 0 Å². The molecule has 0 aromatic carbocycles. The predicted octanol–water partition coefficient (Wildman–Crippen LogP) is 2.48. The maximum absolute atomic E-state index is 8.63. The van der Waals surface area contributed by atoms with Crippen LogP contribution in [0.2, 0.25) is 0 Å². The third kappa shape index (κ3) is 2.41. The van der Waals surface area contributed by atoms with E-state index in [2.05, 4.69) is 29.9 Å². The molecule has 1 aliphatic heterocycles. The zero-order valence-electron chi connectivity index (χ0n) is 11.6. The number of hydrogen-bond donors (Lipinski definition) is 0. The van der Waals surface area contributed by atoms with Gasteiger partial charge in [0.15, 0.2) is 0 Å². The third-order valence-electron chi connectivity index (χ3n) is 4.00. The van der Waals surface area contributed by atoms with E-state index in [-0.39, 0.29) is 0 Å². The van der Waals surface area contributed by atoms with Crippen molar-refractivity contribution in [2.24, 2.45) is 7.05 Å². The molecular weight excluding hydrogens is 224 g/mol. The van der Waals surface area contributed by atoms with Crippen LogP contribution in [0.3, 0.4) is 0 Å². The van der Waals surface area contributed by atoms with Gasteiger partial charge in [-0.1, -0.05) is 0 Å². The van der Waals surface area contributed by atoms with Crippen LogP contribution in [0, 0.1) is 25.2 Å². The van der Waals surface area contributed by atoms with Crippen molar-refractivity contribution in [3.8, 4) is 6.07 Å². The van der Waals surface area contributed by atoms with Gasteiger partial charge in [-0.05, 0) is 46.2 Å². The van der Waals surface area contributed by atoms with Gasteiger partial charge in [0.1, 0.15) is 0 Å². The normalized spacial score (nSPS) is 20.2. The molecular formula is C14H22N4. The predicted molar refractivity (Wildman–Crippen MR) is 71.1 cm³/mol. The molecule has 1 fully saturated rings. The van der Waals surface area contributed by atoms with Gasteiger partial charge in [0.2, 0.25) is 0 Å². The van der Waals surface area contributed by atoms with Crippen molar-refractivity contribution in [3.05, 3.63) is 17.0 Å². The summed E-state index contributed by atoms with van der Waals surface area (Å²) in [5.41, 5.74) is 3.85. The van der Waals surface area contributed by atoms with Crippen molar-refractivity contribution in [2.45, 2.75) is 45.6 Å². The molecule has 4 nitrogen and oxygen atoms in total. The van der Waals surface area contributed by atoms with E-state index in [1.165, 1.54) is 24.1 Å². The Kier molecular flexibility index (Phi) is 4.03. The fourth-order valence-corrected chi connectivity index (χ4v) is 3.05. The monoisotopic (exact) mass is 246 g/mol. The molecule has 0 amide bonds. The highest BCUT2D eigenvalue weighted by molar-refractivity contribution is 5.29. The van der Waals surface area contributed by atoms with E-state index >= 15 is 0 Å². The zero-order valence-corrected chi connectivity index (χ0v) is 11.6. The van der Waals surface area contributed by atoms with Crippen molar-refractivity contribution < 1.29 is 0 Å². The fourth-order valence-electron chi connectivity index (χ4n) is 3.05. The maximum Gasteiger partial charge on any atom is 0.0644 e. The minimum Gasteiger partial charge on any atom is -0.296 e. The molecule has 2 heterocycles. The SMILES string of the molecule is Cc1nn(C)c(C)c1[C@H]1CCCN1CCCC#N. The highest BCUT2D eigenvalue weighted by atomic mass is 15.3.